The molecule has 0 radical (unpaired) electrons. The highest BCUT2D eigenvalue weighted by atomic mass is 79.9. The molecule has 2 rings (SSSR count). The number of ketones is 1. The number of halogens is 1. The average Bonchev–Trinajstić information content (AvgIpc) is 2.61. The number of Topliss-reactive ketones (excluding diaryl/α,β-unsaturated/α-hetero) is 1. The molecule has 0 bridgehead atoms. The SMILES string of the molecule is C=C(CNC(C)(C)C)CN1C(=O)C(=O)c2cc(Br)ccc21. The molecule has 1 aliphatic rings. The third kappa shape index (κ3) is 3.60. The van der Waals surface area contributed by atoms with Crippen LogP contribution in [0.2, 0.25) is 0 Å². The molecule has 0 aromatic heterocycles. The van der Waals surface area contributed by atoms with Gasteiger partial charge < -0.3 is 10.2 Å². The third-order valence-corrected chi connectivity index (χ3v) is 3.68. The summed E-state index contributed by atoms with van der Waals surface area (Å²) in [6.45, 7) is 11.1. The number of amides is 1. The Balaban J connectivity index is 2.13. The molecule has 0 atom stereocenters. The van der Waals surface area contributed by atoms with Gasteiger partial charge in [-0.15, -0.1) is 0 Å². The van der Waals surface area contributed by atoms with Crippen LogP contribution in [0.3, 0.4) is 0 Å². The molecule has 5 heteroatoms. The van der Waals surface area contributed by atoms with Crippen LogP contribution in [-0.4, -0.2) is 30.3 Å². The zero-order chi connectivity index (χ0) is 15.8. The smallest absolute Gasteiger partial charge is 0.299 e. The fourth-order valence-corrected chi connectivity index (χ4v) is 2.46. The van der Waals surface area contributed by atoms with Crippen LogP contribution in [0.25, 0.3) is 0 Å². The van der Waals surface area contributed by atoms with E-state index < -0.39 is 11.7 Å². The van der Waals surface area contributed by atoms with Gasteiger partial charge in [0, 0.05) is 23.1 Å². The number of anilines is 1. The van der Waals surface area contributed by atoms with E-state index in [1.165, 1.54) is 4.90 Å². The minimum Gasteiger partial charge on any atom is -0.308 e. The highest BCUT2D eigenvalue weighted by molar-refractivity contribution is 9.10. The molecule has 4 nitrogen and oxygen atoms in total. The summed E-state index contributed by atoms with van der Waals surface area (Å²) in [5.41, 5.74) is 1.95. The lowest BCUT2D eigenvalue weighted by molar-refractivity contribution is -0.114. The first-order chi connectivity index (χ1) is 9.69. The summed E-state index contributed by atoms with van der Waals surface area (Å²) in [6, 6.07) is 5.30. The molecule has 1 heterocycles. The topological polar surface area (TPSA) is 49.4 Å². The van der Waals surface area contributed by atoms with Gasteiger partial charge in [-0.3, -0.25) is 9.59 Å². The molecule has 1 amide bonds. The van der Waals surface area contributed by atoms with Crippen molar-refractivity contribution in [3.63, 3.8) is 0 Å². The van der Waals surface area contributed by atoms with E-state index in [-0.39, 0.29) is 5.54 Å². The first-order valence-corrected chi connectivity index (χ1v) is 7.56. The Labute approximate surface area is 133 Å². The molecule has 0 spiro atoms. The normalized spacial score (nSPS) is 14.6. The number of nitrogens with zero attached hydrogens (tertiary/aromatic N) is 1. The molecular formula is C16H19BrN2O2. The molecule has 0 unspecified atom stereocenters. The third-order valence-electron chi connectivity index (χ3n) is 3.18. The lowest BCUT2D eigenvalue weighted by Crippen LogP contribution is -2.39. The first kappa shape index (κ1) is 15.9. The molecule has 112 valence electrons. The number of carbonyl (C=O) groups is 2. The quantitative estimate of drug-likeness (QED) is 0.670. The molecule has 1 aromatic rings. The number of hydrogen-bond acceptors (Lipinski definition) is 3. The standard InChI is InChI=1S/C16H19BrN2O2/c1-10(8-18-16(2,3)4)9-19-13-6-5-11(17)7-12(13)14(20)15(19)21/h5-7,18H,1,8-9H2,2-4H3. The molecule has 1 N–H and O–H groups in total. The number of hydrogen-bond donors (Lipinski definition) is 1. The Morgan fingerprint density at radius 3 is 2.62 bits per heavy atom. The van der Waals surface area contributed by atoms with Crippen LogP contribution in [0.15, 0.2) is 34.8 Å². The highest BCUT2D eigenvalue weighted by Gasteiger charge is 2.35. The lowest BCUT2D eigenvalue weighted by atomic mass is 10.1. The molecular weight excluding hydrogens is 332 g/mol. The minimum atomic E-state index is -0.486. The van der Waals surface area contributed by atoms with E-state index >= 15 is 0 Å². The maximum atomic E-state index is 12.1. The summed E-state index contributed by atoms with van der Waals surface area (Å²) in [6.07, 6.45) is 0. The van der Waals surface area contributed by atoms with Gasteiger partial charge in [0.1, 0.15) is 0 Å². The van der Waals surface area contributed by atoms with Gasteiger partial charge in [0.05, 0.1) is 11.3 Å². The molecule has 0 fully saturated rings. The van der Waals surface area contributed by atoms with Crippen molar-refractivity contribution in [2.45, 2.75) is 26.3 Å². The van der Waals surface area contributed by atoms with Crippen molar-refractivity contribution in [2.24, 2.45) is 0 Å². The molecule has 1 aromatic carbocycles. The van der Waals surface area contributed by atoms with Gasteiger partial charge >= 0.3 is 0 Å². The van der Waals surface area contributed by atoms with Crippen LogP contribution in [0, 0.1) is 0 Å². The summed E-state index contributed by atoms with van der Waals surface area (Å²) in [4.78, 5) is 25.6. The van der Waals surface area contributed by atoms with Crippen LogP contribution in [0.4, 0.5) is 5.69 Å². The second kappa shape index (κ2) is 5.73. The lowest BCUT2D eigenvalue weighted by Gasteiger charge is -2.23. The zero-order valence-corrected chi connectivity index (χ0v) is 14.1. The molecule has 0 saturated heterocycles. The van der Waals surface area contributed by atoms with Crippen molar-refractivity contribution in [3.8, 4) is 0 Å². The summed E-state index contributed by atoms with van der Waals surface area (Å²) >= 11 is 3.32. The van der Waals surface area contributed by atoms with Crippen LogP contribution >= 0.6 is 15.9 Å². The van der Waals surface area contributed by atoms with Gasteiger partial charge in [-0.2, -0.15) is 0 Å². The van der Waals surface area contributed by atoms with Gasteiger partial charge in [0.15, 0.2) is 0 Å². The summed E-state index contributed by atoms with van der Waals surface area (Å²) in [5, 5.41) is 3.32. The fraction of sp³-hybridized carbons (Fsp3) is 0.375. The molecule has 1 aliphatic heterocycles. The number of carbonyl (C=O) groups excluding carboxylic acids is 2. The Morgan fingerprint density at radius 1 is 1.33 bits per heavy atom. The highest BCUT2D eigenvalue weighted by Crippen LogP contribution is 2.31. The van der Waals surface area contributed by atoms with Crippen LogP contribution < -0.4 is 10.2 Å². The second-order valence-electron chi connectivity index (χ2n) is 6.24. The van der Waals surface area contributed by atoms with E-state index in [1.54, 1.807) is 12.1 Å². The number of benzene rings is 1. The molecule has 0 saturated carbocycles. The van der Waals surface area contributed by atoms with Gasteiger partial charge in [0.25, 0.3) is 11.7 Å². The van der Waals surface area contributed by atoms with E-state index in [1.807, 2.05) is 6.07 Å². The van der Waals surface area contributed by atoms with E-state index in [0.29, 0.717) is 24.3 Å². The van der Waals surface area contributed by atoms with Crippen molar-refractivity contribution in [1.82, 2.24) is 5.32 Å². The molecule has 0 aliphatic carbocycles. The van der Waals surface area contributed by atoms with Crippen molar-refractivity contribution in [1.29, 1.82) is 0 Å². The van der Waals surface area contributed by atoms with Crippen LogP contribution in [0.1, 0.15) is 31.1 Å². The molecule has 21 heavy (non-hydrogen) atoms. The Kier molecular flexibility index (Phi) is 4.35. The van der Waals surface area contributed by atoms with Crippen LogP contribution in [0.5, 0.6) is 0 Å². The monoisotopic (exact) mass is 350 g/mol. The number of rotatable bonds is 4. The Bertz CT molecular complexity index is 617. The maximum absolute atomic E-state index is 12.1. The van der Waals surface area contributed by atoms with Crippen molar-refractivity contribution in [2.75, 3.05) is 18.0 Å². The van der Waals surface area contributed by atoms with E-state index in [4.69, 9.17) is 0 Å². The first-order valence-electron chi connectivity index (χ1n) is 6.76. The predicted molar refractivity (Wildman–Crippen MR) is 87.7 cm³/mol. The number of nitrogens with one attached hydrogen (secondary N) is 1. The Morgan fingerprint density at radius 2 is 2.00 bits per heavy atom. The second-order valence-corrected chi connectivity index (χ2v) is 7.15. The van der Waals surface area contributed by atoms with Gasteiger partial charge in [-0.25, -0.2) is 0 Å². The zero-order valence-electron chi connectivity index (χ0n) is 12.5. The summed E-state index contributed by atoms with van der Waals surface area (Å²) in [5.74, 6) is -0.942. The van der Waals surface area contributed by atoms with Crippen molar-refractivity contribution >= 4 is 33.3 Å². The van der Waals surface area contributed by atoms with Crippen molar-refractivity contribution in [3.05, 3.63) is 40.4 Å². The van der Waals surface area contributed by atoms with Crippen molar-refractivity contribution < 1.29 is 9.59 Å². The Hall–Kier alpha value is -1.46. The average molecular weight is 351 g/mol. The summed E-state index contributed by atoms with van der Waals surface area (Å²) < 4.78 is 0.789. The predicted octanol–water partition coefficient (Wildman–Crippen LogP) is 2.92. The fourth-order valence-electron chi connectivity index (χ4n) is 2.10. The maximum Gasteiger partial charge on any atom is 0.299 e. The summed E-state index contributed by atoms with van der Waals surface area (Å²) in [7, 11) is 0. The minimum absolute atomic E-state index is 0.0173. The largest absolute Gasteiger partial charge is 0.308 e. The van der Waals surface area contributed by atoms with E-state index in [9.17, 15) is 9.59 Å². The van der Waals surface area contributed by atoms with Gasteiger partial charge in [-0.05, 0) is 44.5 Å². The van der Waals surface area contributed by atoms with Gasteiger partial charge in [-0.1, -0.05) is 22.5 Å². The van der Waals surface area contributed by atoms with E-state index in [0.717, 1.165) is 10.0 Å². The van der Waals surface area contributed by atoms with E-state index in [2.05, 4.69) is 48.6 Å². The number of fused-ring (bicyclic) bond motifs is 1. The van der Waals surface area contributed by atoms with Crippen LogP contribution in [-0.2, 0) is 4.79 Å². The van der Waals surface area contributed by atoms with Gasteiger partial charge in [0.2, 0.25) is 0 Å².